The molecule has 72 valence electrons. The molecule has 1 N–H and O–H groups in total. The molecular weight excluding hydrogens is 166 g/mol. The Morgan fingerprint density at radius 3 is 2.62 bits per heavy atom. The highest BCUT2D eigenvalue weighted by atomic mass is 16.2. The van der Waals surface area contributed by atoms with Crippen LogP contribution in [0.5, 0.6) is 0 Å². The number of hydrogen-bond donors (Lipinski definition) is 1. The smallest absolute Gasteiger partial charge is 0.0876 e. The summed E-state index contributed by atoms with van der Waals surface area (Å²) in [5.41, 5.74) is 7.93. The highest BCUT2D eigenvalue weighted by Crippen LogP contribution is 2.00. The van der Waals surface area contributed by atoms with Crippen LogP contribution >= 0.6 is 0 Å². The lowest BCUT2D eigenvalue weighted by Crippen LogP contribution is -1.82. The van der Waals surface area contributed by atoms with Gasteiger partial charge in [0.15, 0.2) is 0 Å². The number of nitrogens with zero attached hydrogens (tertiary/aromatic N) is 3. The van der Waals surface area contributed by atoms with Gasteiger partial charge in [0.2, 0.25) is 0 Å². The Bertz CT molecular complexity index is 211. The molecule has 0 heterocycles. The molecule has 0 fully saturated rings. The molecule has 0 aliphatic heterocycles. The van der Waals surface area contributed by atoms with Gasteiger partial charge >= 0.3 is 0 Å². The van der Waals surface area contributed by atoms with Gasteiger partial charge in [-0.2, -0.15) is 0 Å². The zero-order chi connectivity index (χ0) is 9.78. The van der Waals surface area contributed by atoms with Crippen molar-refractivity contribution in [2.45, 2.75) is 32.1 Å². The summed E-state index contributed by atoms with van der Waals surface area (Å²) >= 11 is 0. The van der Waals surface area contributed by atoms with Gasteiger partial charge in [0.1, 0.15) is 0 Å². The third-order valence-corrected chi connectivity index (χ3v) is 1.55. The lowest BCUT2D eigenvalue weighted by molar-refractivity contribution is 0.282. The second kappa shape index (κ2) is 10.8. The van der Waals surface area contributed by atoms with E-state index in [0.717, 1.165) is 32.1 Å². The predicted molar refractivity (Wildman–Crippen MR) is 52.0 cm³/mol. The molecule has 4 heteroatoms. The van der Waals surface area contributed by atoms with Crippen LogP contribution in [-0.2, 0) is 0 Å². The Kier molecular flexibility index (Phi) is 9.86. The maximum absolute atomic E-state index is 8.49. The minimum atomic E-state index is 0.271. The van der Waals surface area contributed by atoms with Crippen LogP contribution in [0.15, 0.2) is 5.11 Å². The summed E-state index contributed by atoms with van der Waals surface area (Å²) in [5.74, 6) is 5.68. The largest absolute Gasteiger partial charge is 0.396 e. The normalized spacial score (nSPS) is 8.38. The summed E-state index contributed by atoms with van der Waals surface area (Å²) in [6, 6.07) is 0. The number of unbranched alkanes of at least 4 members (excludes halogenated alkanes) is 4. The van der Waals surface area contributed by atoms with Crippen molar-refractivity contribution in [3.8, 4) is 11.8 Å². The molecule has 0 amide bonds. The van der Waals surface area contributed by atoms with Gasteiger partial charge in [-0.05, 0) is 18.4 Å². The second-order valence-corrected chi connectivity index (χ2v) is 2.63. The molecule has 0 aliphatic rings. The fourth-order valence-corrected chi connectivity index (χ4v) is 0.890. The van der Waals surface area contributed by atoms with E-state index in [1.807, 2.05) is 0 Å². The first-order valence-electron chi connectivity index (χ1n) is 4.49. The van der Waals surface area contributed by atoms with Crippen molar-refractivity contribution in [3.63, 3.8) is 0 Å². The lowest BCUT2D eigenvalue weighted by atomic mass is 10.1. The minimum Gasteiger partial charge on any atom is -0.396 e. The Labute approximate surface area is 78.6 Å². The molecule has 0 aromatic heterocycles. The molecule has 0 spiro atoms. The van der Waals surface area contributed by atoms with Gasteiger partial charge in [0.05, 0.1) is 6.54 Å². The number of aliphatic hydroxyl groups excluding tert-OH is 1. The third-order valence-electron chi connectivity index (χ3n) is 1.55. The van der Waals surface area contributed by atoms with Gasteiger partial charge in [-0.25, -0.2) is 0 Å². The van der Waals surface area contributed by atoms with Crippen LogP contribution in [0.4, 0.5) is 0 Å². The Balaban J connectivity index is 3.13. The average molecular weight is 181 g/mol. The molecule has 0 radical (unpaired) electrons. The van der Waals surface area contributed by atoms with Crippen LogP contribution in [0.3, 0.4) is 0 Å². The number of hydrogen-bond acceptors (Lipinski definition) is 2. The molecular formula is C9H15N3O. The van der Waals surface area contributed by atoms with Crippen LogP contribution in [0.2, 0.25) is 0 Å². The van der Waals surface area contributed by atoms with Crippen LogP contribution in [0.25, 0.3) is 10.4 Å². The summed E-state index contributed by atoms with van der Waals surface area (Å²) in [6.45, 7) is 0.551. The van der Waals surface area contributed by atoms with Crippen molar-refractivity contribution in [1.29, 1.82) is 0 Å². The average Bonchev–Trinajstić information content (AvgIpc) is 2.16. The Hall–Kier alpha value is -1.17. The van der Waals surface area contributed by atoms with Crippen molar-refractivity contribution >= 4 is 0 Å². The van der Waals surface area contributed by atoms with Crippen molar-refractivity contribution in [3.05, 3.63) is 10.4 Å². The molecule has 0 atom stereocenters. The summed E-state index contributed by atoms with van der Waals surface area (Å²) in [7, 11) is 0. The summed E-state index contributed by atoms with van der Waals surface area (Å²) in [4.78, 5) is 2.59. The van der Waals surface area contributed by atoms with Crippen molar-refractivity contribution in [1.82, 2.24) is 0 Å². The van der Waals surface area contributed by atoms with Gasteiger partial charge < -0.3 is 5.11 Å². The van der Waals surface area contributed by atoms with Gasteiger partial charge in [0, 0.05) is 17.9 Å². The van der Waals surface area contributed by atoms with E-state index >= 15 is 0 Å². The Morgan fingerprint density at radius 2 is 1.92 bits per heavy atom. The molecule has 13 heavy (non-hydrogen) atoms. The molecule has 0 bridgehead atoms. The highest BCUT2D eigenvalue weighted by molar-refractivity contribution is 5.00. The third kappa shape index (κ3) is 10.8. The van der Waals surface area contributed by atoms with Crippen molar-refractivity contribution in [2.75, 3.05) is 13.2 Å². The summed E-state index contributed by atoms with van der Waals surface area (Å²) in [5, 5.41) is 11.8. The van der Waals surface area contributed by atoms with Crippen molar-refractivity contribution in [2.24, 2.45) is 5.11 Å². The topological polar surface area (TPSA) is 69.0 Å². The molecule has 0 aromatic carbocycles. The van der Waals surface area contributed by atoms with Gasteiger partial charge in [-0.1, -0.05) is 23.9 Å². The fourth-order valence-electron chi connectivity index (χ4n) is 0.890. The van der Waals surface area contributed by atoms with E-state index in [2.05, 4.69) is 21.9 Å². The van der Waals surface area contributed by atoms with E-state index < -0.39 is 0 Å². The summed E-state index contributed by atoms with van der Waals surface area (Å²) in [6.07, 6.45) is 4.97. The second-order valence-electron chi connectivity index (χ2n) is 2.63. The van der Waals surface area contributed by atoms with Crippen LogP contribution in [-0.4, -0.2) is 18.3 Å². The lowest BCUT2D eigenvalue weighted by Gasteiger charge is -1.93. The van der Waals surface area contributed by atoms with Gasteiger partial charge in [0.25, 0.3) is 0 Å². The van der Waals surface area contributed by atoms with E-state index in [0.29, 0.717) is 0 Å². The quantitative estimate of drug-likeness (QED) is 0.220. The van der Waals surface area contributed by atoms with Crippen molar-refractivity contribution < 1.29 is 5.11 Å². The molecule has 0 unspecified atom stereocenters. The maximum Gasteiger partial charge on any atom is 0.0876 e. The molecule has 4 nitrogen and oxygen atoms in total. The van der Waals surface area contributed by atoms with Crippen LogP contribution < -0.4 is 0 Å². The van der Waals surface area contributed by atoms with E-state index in [4.69, 9.17) is 10.6 Å². The first-order chi connectivity index (χ1) is 6.41. The zero-order valence-electron chi connectivity index (χ0n) is 7.74. The zero-order valence-corrected chi connectivity index (χ0v) is 7.74. The van der Waals surface area contributed by atoms with E-state index in [-0.39, 0.29) is 13.2 Å². The van der Waals surface area contributed by atoms with E-state index in [1.165, 1.54) is 0 Å². The van der Waals surface area contributed by atoms with Gasteiger partial charge in [-0.3, -0.25) is 0 Å². The van der Waals surface area contributed by atoms with E-state index in [1.54, 1.807) is 0 Å². The molecule has 0 aromatic rings. The molecule has 0 aliphatic carbocycles. The summed E-state index contributed by atoms with van der Waals surface area (Å²) < 4.78 is 0. The molecule has 0 rings (SSSR count). The number of rotatable bonds is 6. The molecule has 0 saturated heterocycles. The number of azide groups is 1. The monoisotopic (exact) mass is 181 g/mol. The number of aliphatic hydroxyl groups is 1. The Morgan fingerprint density at radius 1 is 1.15 bits per heavy atom. The first kappa shape index (κ1) is 11.8. The van der Waals surface area contributed by atoms with Crippen LogP contribution in [0, 0.1) is 11.8 Å². The predicted octanol–water partition coefficient (Wildman–Crippen LogP) is 2.24. The minimum absolute atomic E-state index is 0.271. The fraction of sp³-hybridized carbons (Fsp3) is 0.778. The standard InChI is InChI=1S/C9H15N3O/c10-12-11-8-6-4-2-1-3-5-7-9-13/h13H,1-3,5,7-9H2. The van der Waals surface area contributed by atoms with E-state index in [9.17, 15) is 0 Å². The maximum atomic E-state index is 8.49. The SMILES string of the molecule is [N-]=[N+]=NCC#CCCCCCCO. The van der Waals surface area contributed by atoms with Gasteiger partial charge in [-0.15, -0.1) is 5.92 Å². The first-order valence-corrected chi connectivity index (χ1v) is 4.49. The highest BCUT2D eigenvalue weighted by Gasteiger charge is 1.86. The van der Waals surface area contributed by atoms with Crippen LogP contribution in [0.1, 0.15) is 32.1 Å². The molecule has 0 saturated carbocycles.